The maximum Gasteiger partial charge on any atom is 0.246 e. The van der Waals surface area contributed by atoms with E-state index >= 15 is 0 Å². The number of sulfonamides is 1. The van der Waals surface area contributed by atoms with Gasteiger partial charge in [-0.1, -0.05) is 18.0 Å². The number of nitrogens with zero attached hydrogens (tertiary/aromatic N) is 1. The van der Waals surface area contributed by atoms with Crippen LogP contribution in [0, 0.1) is 5.82 Å². The standard InChI is InChI=1S/C13H18ClFN2O2S/c1-16-9-11-4-2-3-7-17(11)20(18,19)13-6-5-10(14)8-12(13)15/h5-6,8,11,16H,2-4,7,9H2,1H3. The van der Waals surface area contributed by atoms with E-state index in [2.05, 4.69) is 5.32 Å². The van der Waals surface area contributed by atoms with Gasteiger partial charge in [0.25, 0.3) is 0 Å². The van der Waals surface area contributed by atoms with Crippen molar-refractivity contribution in [2.24, 2.45) is 0 Å². The number of benzene rings is 1. The second-order valence-electron chi connectivity index (χ2n) is 4.90. The molecule has 0 spiro atoms. The van der Waals surface area contributed by atoms with E-state index in [0.717, 1.165) is 25.3 Å². The van der Waals surface area contributed by atoms with Crippen molar-refractivity contribution < 1.29 is 12.8 Å². The lowest BCUT2D eigenvalue weighted by Crippen LogP contribution is -2.48. The minimum atomic E-state index is -3.82. The fourth-order valence-corrected chi connectivity index (χ4v) is 4.44. The van der Waals surface area contributed by atoms with Crippen LogP contribution >= 0.6 is 11.6 Å². The maximum atomic E-state index is 13.9. The van der Waals surface area contributed by atoms with Crippen LogP contribution in [-0.2, 0) is 10.0 Å². The van der Waals surface area contributed by atoms with Crippen molar-refractivity contribution in [1.29, 1.82) is 0 Å². The molecule has 1 aliphatic heterocycles. The quantitative estimate of drug-likeness (QED) is 0.925. The van der Waals surface area contributed by atoms with E-state index in [1.165, 1.54) is 16.4 Å². The number of nitrogens with one attached hydrogen (secondary N) is 1. The van der Waals surface area contributed by atoms with Gasteiger partial charge in [0, 0.05) is 24.2 Å². The van der Waals surface area contributed by atoms with Crippen molar-refractivity contribution in [2.45, 2.75) is 30.2 Å². The molecule has 2 rings (SSSR count). The van der Waals surface area contributed by atoms with Crippen LogP contribution in [0.25, 0.3) is 0 Å². The van der Waals surface area contributed by atoms with Gasteiger partial charge in [-0.25, -0.2) is 12.8 Å². The highest BCUT2D eigenvalue weighted by Crippen LogP contribution is 2.27. The van der Waals surface area contributed by atoms with Crippen LogP contribution in [0.4, 0.5) is 4.39 Å². The highest BCUT2D eigenvalue weighted by molar-refractivity contribution is 7.89. The van der Waals surface area contributed by atoms with Gasteiger partial charge in [0.1, 0.15) is 10.7 Å². The zero-order valence-corrected chi connectivity index (χ0v) is 12.8. The molecule has 7 heteroatoms. The highest BCUT2D eigenvalue weighted by atomic mass is 35.5. The van der Waals surface area contributed by atoms with Crippen LogP contribution in [0.5, 0.6) is 0 Å². The Morgan fingerprint density at radius 1 is 1.45 bits per heavy atom. The van der Waals surface area contributed by atoms with Gasteiger partial charge in [0.2, 0.25) is 10.0 Å². The van der Waals surface area contributed by atoms with Gasteiger partial charge >= 0.3 is 0 Å². The number of hydrogen-bond donors (Lipinski definition) is 1. The lowest BCUT2D eigenvalue weighted by molar-refractivity contribution is 0.248. The topological polar surface area (TPSA) is 49.4 Å². The maximum absolute atomic E-state index is 13.9. The average molecular weight is 321 g/mol. The summed E-state index contributed by atoms with van der Waals surface area (Å²) in [5.41, 5.74) is 0. The van der Waals surface area contributed by atoms with Crippen LogP contribution in [-0.4, -0.2) is 38.9 Å². The number of hydrogen-bond acceptors (Lipinski definition) is 3. The first-order chi connectivity index (χ1) is 9.46. The van der Waals surface area contributed by atoms with Crippen LogP contribution < -0.4 is 5.32 Å². The Hall–Kier alpha value is -0.690. The lowest BCUT2D eigenvalue weighted by Gasteiger charge is -2.34. The molecule has 1 aromatic carbocycles. The number of rotatable bonds is 4. The summed E-state index contributed by atoms with van der Waals surface area (Å²) in [6, 6.07) is 3.53. The highest BCUT2D eigenvalue weighted by Gasteiger charge is 2.34. The molecule has 1 aromatic rings. The summed E-state index contributed by atoms with van der Waals surface area (Å²) in [5.74, 6) is -0.800. The van der Waals surface area contributed by atoms with E-state index in [4.69, 9.17) is 11.6 Å². The molecule has 20 heavy (non-hydrogen) atoms. The molecule has 1 atom stereocenters. The zero-order chi connectivity index (χ0) is 14.8. The van der Waals surface area contributed by atoms with Crippen molar-refractivity contribution in [3.8, 4) is 0 Å². The first-order valence-electron chi connectivity index (χ1n) is 6.58. The molecule has 0 amide bonds. The Labute approximate surface area is 124 Å². The second-order valence-corrected chi connectivity index (χ2v) is 7.19. The number of likely N-dealkylation sites (N-methyl/N-ethyl adjacent to an activating group) is 1. The van der Waals surface area contributed by atoms with Gasteiger partial charge in [-0.3, -0.25) is 0 Å². The second kappa shape index (κ2) is 6.39. The third-order valence-corrected chi connectivity index (χ3v) is 5.71. The summed E-state index contributed by atoms with van der Waals surface area (Å²) in [7, 11) is -2.04. The molecule has 0 saturated carbocycles. The van der Waals surface area contributed by atoms with E-state index in [-0.39, 0.29) is 16.0 Å². The molecule has 0 aromatic heterocycles. The Morgan fingerprint density at radius 2 is 2.20 bits per heavy atom. The van der Waals surface area contributed by atoms with Gasteiger partial charge in [0.15, 0.2) is 0 Å². The van der Waals surface area contributed by atoms with Crippen molar-refractivity contribution in [2.75, 3.05) is 20.1 Å². The Balaban J connectivity index is 2.37. The molecule has 4 nitrogen and oxygen atoms in total. The summed E-state index contributed by atoms with van der Waals surface area (Å²) >= 11 is 5.67. The fourth-order valence-electron chi connectivity index (χ4n) is 2.54. The molecule has 1 unspecified atom stereocenters. The van der Waals surface area contributed by atoms with E-state index in [9.17, 15) is 12.8 Å². The van der Waals surface area contributed by atoms with E-state index in [0.29, 0.717) is 13.1 Å². The fraction of sp³-hybridized carbons (Fsp3) is 0.538. The van der Waals surface area contributed by atoms with Gasteiger partial charge in [-0.15, -0.1) is 0 Å². The largest absolute Gasteiger partial charge is 0.318 e. The molecule has 1 aliphatic rings. The van der Waals surface area contributed by atoms with Crippen molar-refractivity contribution in [3.63, 3.8) is 0 Å². The van der Waals surface area contributed by atoms with Gasteiger partial charge in [-0.05, 0) is 38.1 Å². The molecule has 1 fully saturated rings. The third kappa shape index (κ3) is 3.14. The molecular formula is C13H18ClFN2O2S. The van der Waals surface area contributed by atoms with E-state index in [1.54, 1.807) is 7.05 Å². The molecule has 1 saturated heterocycles. The van der Waals surface area contributed by atoms with E-state index in [1.807, 2.05) is 0 Å². The van der Waals surface area contributed by atoms with Crippen LogP contribution in [0.2, 0.25) is 5.02 Å². The van der Waals surface area contributed by atoms with Crippen molar-refractivity contribution >= 4 is 21.6 Å². The van der Waals surface area contributed by atoms with Crippen LogP contribution in [0.3, 0.4) is 0 Å². The van der Waals surface area contributed by atoms with Gasteiger partial charge in [0.05, 0.1) is 0 Å². The predicted molar refractivity (Wildman–Crippen MR) is 76.9 cm³/mol. The predicted octanol–water partition coefficient (Wildman–Crippen LogP) is 2.24. The summed E-state index contributed by atoms with van der Waals surface area (Å²) < 4.78 is 40.5. The zero-order valence-electron chi connectivity index (χ0n) is 11.3. The Morgan fingerprint density at radius 3 is 2.85 bits per heavy atom. The first-order valence-corrected chi connectivity index (χ1v) is 8.40. The minimum absolute atomic E-state index is 0.131. The number of halogens is 2. The SMILES string of the molecule is CNCC1CCCCN1S(=O)(=O)c1ccc(Cl)cc1F. The molecule has 1 N–H and O–H groups in total. The summed E-state index contributed by atoms with van der Waals surface area (Å²) in [5, 5.41) is 3.18. The van der Waals surface area contributed by atoms with Crippen molar-refractivity contribution in [3.05, 3.63) is 29.0 Å². The minimum Gasteiger partial charge on any atom is -0.318 e. The third-order valence-electron chi connectivity index (χ3n) is 3.49. The monoisotopic (exact) mass is 320 g/mol. The molecule has 112 valence electrons. The first kappa shape index (κ1) is 15.7. The summed E-state index contributed by atoms with van der Waals surface area (Å²) in [4.78, 5) is -0.301. The lowest BCUT2D eigenvalue weighted by atomic mass is 10.1. The number of piperidine rings is 1. The van der Waals surface area contributed by atoms with Gasteiger partial charge in [-0.2, -0.15) is 4.31 Å². The summed E-state index contributed by atoms with van der Waals surface area (Å²) in [6.07, 6.45) is 2.57. The van der Waals surface area contributed by atoms with Crippen LogP contribution in [0.1, 0.15) is 19.3 Å². The van der Waals surface area contributed by atoms with Gasteiger partial charge < -0.3 is 5.32 Å². The molecule has 0 aliphatic carbocycles. The molecule has 0 bridgehead atoms. The normalized spacial score (nSPS) is 21.1. The Bertz CT molecular complexity index is 578. The van der Waals surface area contributed by atoms with Crippen molar-refractivity contribution in [1.82, 2.24) is 9.62 Å². The molecule has 0 radical (unpaired) electrons. The molecule has 1 heterocycles. The van der Waals surface area contributed by atoms with Crippen LogP contribution in [0.15, 0.2) is 23.1 Å². The average Bonchev–Trinajstić information content (AvgIpc) is 2.39. The molecular weight excluding hydrogens is 303 g/mol. The smallest absolute Gasteiger partial charge is 0.246 e. The summed E-state index contributed by atoms with van der Waals surface area (Å²) in [6.45, 7) is 0.991. The van der Waals surface area contributed by atoms with E-state index < -0.39 is 15.8 Å². The Kier molecular flexibility index (Phi) is 5.01.